The highest BCUT2D eigenvalue weighted by Crippen LogP contribution is 2.49. The first-order valence-electron chi connectivity index (χ1n) is 13.6. The zero-order valence-electron chi connectivity index (χ0n) is 24.6. The topological polar surface area (TPSA) is 120 Å². The molecule has 3 aromatic rings. The van der Waals surface area contributed by atoms with Crippen molar-refractivity contribution in [3.63, 3.8) is 0 Å². The number of carbonyl (C=O) groups excluding carboxylic acids is 2. The van der Waals surface area contributed by atoms with Crippen molar-refractivity contribution in [1.82, 2.24) is 0 Å². The summed E-state index contributed by atoms with van der Waals surface area (Å²) in [5.41, 5.74) is 0.487. The second-order valence-corrected chi connectivity index (χ2v) is 11.1. The minimum Gasteiger partial charge on any atom is -0.496 e. The molecule has 5 rings (SSSR count). The molecule has 0 N–H and O–H groups in total. The van der Waals surface area contributed by atoms with Gasteiger partial charge in [-0.05, 0) is 50.3 Å². The van der Waals surface area contributed by atoms with Gasteiger partial charge < -0.3 is 32.8 Å². The Morgan fingerprint density at radius 1 is 0.976 bits per heavy atom. The third kappa shape index (κ3) is 5.05. The Morgan fingerprint density at radius 2 is 1.67 bits per heavy atom. The maximum Gasteiger partial charge on any atom is 0.350 e. The molecule has 0 aliphatic carbocycles. The molecule has 3 unspecified atom stereocenters. The smallest absolute Gasteiger partial charge is 0.350 e. The van der Waals surface area contributed by atoms with Gasteiger partial charge in [0, 0.05) is 41.0 Å². The van der Waals surface area contributed by atoms with Gasteiger partial charge in [0.25, 0.3) is 0 Å². The fraction of sp³-hybridized carbons (Fsp3) is 0.406. The van der Waals surface area contributed by atoms with Crippen molar-refractivity contribution in [3.05, 3.63) is 69.6 Å². The molecule has 2 aliphatic rings. The lowest BCUT2D eigenvalue weighted by molar-refractivity contribution is -0.270. The number of methoxy groups -OCH3 is 3. The van der Waals surface area contributed by atoms with Crippen molar-refractivity contribution < 1.29 is 42.4 Å². The molecule has 10 nitrogen and oxygen atoms in total. The predicted molar refractivity (Wildman–Crippen MR) is 153 cm³/mol. The van der Waals surface area contributed by atoms with E-state index in [2.05, 4.69) is 0 Å². The second kappa shape index (κ2) is 10.9. The minimum atomic E-state index is -1.69. The van der Waals surface area contributed by atoms with E-state index in [1.807, 2.05) is 19.9 Å². The molecule has 1 spiro atoms. The molecule has 0 saturated carbocycles. The largest absolute Gasteiger partial charge is 0.496 e. The number of esters is 1. The molecule has 2 aromatic carbocycles. The van der Waals surface area contributed by atoms with Crippen LogP contribution in [0.2, 0.25) is 0 Å². The van der Waals surface area contributed by atoms with Crippen molar-refractivity contribution in [2.24, 2.45) is 5.92 Å². The van der Waals surface area contributed by atoms with Crippen LogP contribution in [0.5, 0.6) is 17.2 Å². The normalized spacial score (nSPS) is 21.2. The molecular weight excluding hydrogens is 544 g/mol. The molecule has 1 aromatic heterocycles. The monoisotopic (exact) mass is 578 g/mol. The van der Waals surface area contributed by atoms with Gasteiger partial charge in [-0.2, -0.15) is 0 Å². The summed E-state index contributed by atoms with van der Waals surface area (Å²) >= 11 is 0. The molecular formula is C32H34O10. The van der Waals surface area contributed by atoms with Gasteiger partial charge in [-0.3, -0.25) is 9.59 Å². The van der Waals surface area contributed by atoms with E-state index in [0.717, 1.165) is 5.39 Å². The van der Waals surface area contributed by atoms with Crippen LogP contribution in [0.15, 0.2) is 51.7 Å². The van der Waals surface area contributed by atoms with Gasteiger partial charge >= 0.3 is 17.6 Å². The number of hydrogen-bond acceptors (Lipinski definition) is 10. The number of ketones is 1. The Bertz CT molecular complexity index is 1630. The molecule has 0 amide bonds. The maximum absolute atomic E-state index is 13.3. The van der Waals surface area contributed by atoms with Gasteiger partial charge in [0.1, 0.15) is 28.7 Å². The first-order chi connectivity index (χ1) is 19.9. The summed E-state index contributed by atoms with van der Waals surface area (Å²) in [7, 11) is 4.22. The summed E-state index contributed by atoms with van der Waals surface area (Å²) in [6.45, 7) is 7.14. The van der Waals surface area contributed by atoms with Crippen LogP contribution in [-0.4, -0.2) is 50.8 Å². The number of hydrogen-bond donors (Lipinski definition) is 0. The molecule has 3 atom stereocenters. The number of ether oxygens (including phenoxy) is 6. The summed E-state index contributed by atoms with van der Waals surface area (Å²) in [6.07, 6.45) is 3.06. The van der Waals surface area contributed by atoms with Gasteiger partial charge in [0.05, 0.1) is 38.6 Å². The highest BCUT2D eigenvalue weighted by Gasteiger charge is 2.55. The standard InChI is InChI=1S/C32H34O10/c1-17(2)27(34)26(30(35)38-7)25-22(37-6)12-9-19-14-15-32(41-29(19)25)40-23(31(3,4)42-32)16-20-21(36-5)11-8-18-10-13-24(33)39-28(18)20/h8-15,17,23,26H,16H2,1-7H3. The van der Waals surface area contributed by atoms with E-state index < -0.39 is 41.1 Å². The quantitative estimate of drug-likeness (QED) is 0.210. The van der Waals surface area contributed by atoms with Gasteiger partial charge in [0.15, 0.2) is 5.78 Å². The summed E-state index contributed by atoms with van der Waals surface area (Å²) < 4.78 is 41.2. The average Bonchev–Trinajstić information content (AvgIpc) is 3.21. The number of fused-ring (bicyclic) bond motifs is 2. The van der Waals surface area contributed by atoms with E-state index in [1.165, 1.54) is 20.3 Å². The lowest BCUT2D eigenvalue weighted by Gasteiger charge is -2.33. The van der Waals surface area contributed by atoms with Crippen molar-refractivity contribution in [2.45, 2.75) is 57.7 Å². The first kappa shape index (κ1) is 29.3. The fourth-order valence-electron chi connectivity index (χ4n) is 5.43. The zero-order chi connectivity index (χ0) is 30.4. The van der Waals surface area contributed by atoms with E-state index in [9.17, 15) is 14.4 Å². The van der Waals surface area contributed by atoms with Crippen molar-refractivity contribution in [1.29, 1.82) is 0 Å². The zero-order valence-corrected chi connectivity index (χ0v) is 24.6. The van der Waals surface area contributed by atoms with E-state index >= 15 is 0 Å². The molecule has 3 heterocycles. The number of Topliss-reactive ketones (excluding diaryl/α,β-unsaturated/α-hetero) is 1. The summed E-state index contributed by atoms with van der Waals surface area (Å²) in [4.78, 5) is 38.4. The Morgan fingerprint density at radius 3 is 2.33 bits per heavy atom. The predicted octanol–water partition coefficient (Wildman–Crippen LogP) is 4.79. The molecule has 1 saturated heterocycles. The Kier molecular flexibility index (Phi) is 7.63. The lowest BCUT2D eigenvalue weighted by atomic mass is 9.86. The Labute approximate surface area is 243 Å². The number of rotatable bonds is 8. The summed E-state index contributed by atoms with van der Waals surface area (Å²) in [5, 5.41) is 0.736. The molecule has 10 heteroatoms. The molecule has 42 heavy (non-hydrogen) atoms. The van der Waals surface area contributed by atoms with Crippen molar-refractivity contribution in [3.8, 4) is 17.2 Å². The Hall–Kier alpha value is -4.15. The van der Waals surface area contributed by atoms with Gasteiger partial charge in [0.2, 0.25) is 0 Å². The second-order valence-electron chi connectivity index (χ2n) is 11.1. The van der Waals surface area contributed by atoms with E-state index in [1.54, 1.807) is 57.4 Å². The third-order valence-corrected chi connectivity index (χ3v) is 7.64. The lowest BCUT2D eigenvalue weighted by Crippen LogP contribution is -2.40. The van der Waals surface area contributed by atoms with Crippen LogP contribution < -0.4 is 19.8 Å². The molecule has 2 aliphatic heterocycles. The van der Waals surface area contributed by atoms with E-state index in [0.29, 0.717) is 22.5 Å². The SMILES string of the molecule is COC(=O)C(C(=O)C(C)C)c1c(OC)ccc2c1OC1(C=C2)OC(Cc2c(OC)ccc3ccc(=O)oc23)C(C)(C)O1. The molecule has 0 radical (unpaired) electrons. The van der Waals surface area contributed by atoms with Crippen molar-refractivity contribution >= 4 is 28.8 Å². The molecule has 1 fully saturated rings. The van der Waals surface area contributed by atoms with E-state index in [4.69, 9.17) is 32.8 Å². The van der Waals surface area contributed by atoms with Crippen LogP contribution in [-0.2, 0) is 30.2 Å². The van der Waals surface area contributed by atoms with Crippen LogP contribution >= 0.6 is 0 Å². The molecule has 0 bridgehead atoms. The van der Waals surface area contributed by atoms with Crippen LogP contribution in [0.1, 0.15) is 50.3 Å². The summed E-state index contributed by atoms with van der Waals surface area (Å²) in [5.74, 6) is -3.51. The van der Waals surface area contributed by atoms with Crippen LogP contribution in [0.3, 0.4) is 0 Å². The number of carbonyl (C=O) groups is 2. The van der Waals surface area contributed by atoms with Crippen LogP contribution in [0.4, 0.5) is 0 Å². The first-order valence-corrected chi connectivity index (χ1v) is 13.6. The highest BCUT2D eigenvalue weighted by molar-refractivity contribution is 6.06. The highest BCUT2D eigenvalue weighted by atomic mass is 16.9. The van der Waals surface area contributed by atoms with Crippen molar-refractivity contribution in [2.75, 3.05) is 21.3 Å². The van der Waals surface area contributed by atoms with Gasteiger partial charge in [-0.15, -0.1) is 0 Å². The average molecular weight is 579 g/mol. The minimum absolute atomic E-state index is 0.214. The van der Waals surface area contributed by atoms with Gasteiger partial charge in [-0.1, -0.05) is 13.8 Å². The fourth-order valence-corrected chi connectivity index (χ4v) is 5.43. The third-order valence-electron chi connectivity index (χ3n) is 7.64. The Balaban J connectivity index is 1.57. The van der Waals surface area contributed by atoms with E-state index in [-0.39, 0.29) is 29.3 Å². The molecule has 222 valence electrons. The number of benzene rings is 2. The van der Waals surface area contributed by atoms with Crippen LogP contribution in [0.25, 0.3) is 17.0 Å². The summed E-state index contributed by atoms with van der Waals surface area (Å²) in [6, 6.07) is 10.1. The van der Waals surface area contributed by atoms with Gasteiger partial charge in [-0.25, -0.2) is 4.79 Å². The maximum atomic E-state index is 13.3. The van der Waals surface area contributed by atoms with Crippen LogP contribution in [0, 0.1) is 5.92 Å².